The molecular formula is C32H29ClN4O3S3. The summed E-state index contributed by atoms with van der Waals surface area (Å²) in [4.78, 5) is 15.8. The van der Waals surface area contributed by atoms with Crippen molar-refractivity contribution in [1.82, 2.24) is 19.0 Å². The second-order valence-electron chi connectivity index (χ2n) is 10.4. The summed E-state index contributed by atoms with van der Waals surface area (Å²) in [5, 5.41) is 5.44. The Morgan fingerprint density at radius 1 is 0.930 bits per heavy atom. The molecule has 43 heavy (non-hydrogen) atoms. The van der Waals surface area contributed by atoms with Crippen LogP contribution in [0.3, 0.4) is 0 Å². The number of hydrogen-bond acceptors (Lipinski definition) is 6. The topological polar surface area (TPSA) is 75.5 Å². The van der Waals surface area contributed by atoms with Gasteiger partial charge in [-0.05, 0) is 54.8 Å². The van der Waals surface area contributed by atoms with E-state index in [0.29, 0.717) is 44.2 Å². The zero-order chi connectivity index (χ0) is 30.0. The third-order valence-electron chi connectivity index (χ3n) is 7.52. The molecule has 220 valence electrons. The first-order valence-corrected chi connectivity index (χ1v) is 17.1. The minimum absolute atomic E-state index is 0.217. The lowest BCUT2D eigenvalue weighted by atomic mass is 10.1. The Morgan fingerprint density at radius 3 is 2.40 bits per heavy atom. The number of thioether (sulfide) groups is 1. The van der Waals surface area contributed by atoms with E-state index < -0.39 is 10.0 Å². The van der Waals surface area contributed by atoms with Crippen LogP contribution in [-0.2, 0) is 21.4 Å². The number of aromatic nitrogens is 2. The molecule has 0 aliphatic carbocycles. The first-order valence-electron chi connectivity index (χ1n) is 14.1. The number of nitrogens with zero attached hydrogens (tertiary/aromatic N) is 4. The Balaban J connectivity index is 1.38. The zero-order valence-corrected chi connectivity index (χ0v) is 26.4. The number of benzene rings is 3. The van der Waals surface area contributed by atoms with Gasteiger partial charge in [0.05, 0.1) is 22.0 Å². The normalized spacial score (nSPS) is 17.5. The number of rotatable bonds is 7. The lowest BCUT2D eigenvalue weighted by Gasteiger charge is -2.20. The molecule has 0 spiro atoms. The monoisotopic (exact) mass is 648 g/mol. The summed E-state index contributed by atoms with van der Waals surface area (Å²) in [6.45, 7) is 1.32. The average Bonchev–Trinajstić information content (AvgIpc) is 3.40. The van der Waals surface area contributed by atoms with Gasteiger partial charge in [0.15, 0.2) is 0 Å². The molecule has 0 radical (unpaired) electrons. The Labute approximate surface area is 266 Å². The predicted molar refractivity (Wildman–Crippen MR) is 176 cm³/mol. The molecule has 3 heterocycles. The maximum absolute atomic E-state index is 13.6. The number of thiocarbonyl (C=S) groups is 1. The highest BCUT2D eigenvalue weighted by Gasteiger charge is 2.33. The summed E-state index contributed by atoms with van der Waals surface area (Å²) < 4.78 is 31.0. The molecule has 4 aromatic rings. The smallest absolute Gasteiger partial charge is 0.266 e. The average molecular weight is 649 g/mol. The molecule has 6 rings (SSSR count). The molecule has 0 saturated carbocycles. The highest BCUT2D eigenvalue weighted by atomic mass is 35.5. The summed E-state index contributed by atoms with van der Waals surface area (Å²) in [5.74, 6) is -0.217. The molecule has 1 aromatic heterocycles. The minimum atomic E-state index is -3.66. The van der Waals surface area contributed by atoms with Crippen molar-refractivity contribution in [2.75, 3.05) is 13.1 Å². The number of carbonyl (C=O) groups is 1. The van der Waals surface area contributed by atoms with Crippen molar-refractivity contribution in [3.8, 4) is 16.9 Å². The van der Waals surface area contributed by atoms with Gasteiger partial charge in [0, 0.05) is 35.4 Å². The summed E-state index contributed by atoms with van der Waals surface area (Å²) in [6.07, 6.45) is 7.43. The summed E-state index contributed by atoms with van der Waals surface area (Å²) >= 11 is 13.2. The molecule has 0 unspecified atom stereocenters. The van der Waals surface area contributed by atoms with Crippen LogP contribution in [0.2, 0.25) is 5.02 Å². The van der Waals surface area contributed by atoms with E-state index >= 15 is 0 Å². The summed E-state index contributed by atoms with van der Waals surface area (Å²) in [7, 11) is -3.66. The Kier molecular flexibility index (Phi) is 8.83. The number of carbonyl (C=O) groups excluding carboxylic acids is 1. The van der Waals surface area contributed by atoms with Gasteiger partial charge in [-0.1, -0.05) is 97.0 Å². The highest BCUT2D eigenvalue weighted by molar-refractivity contribution is 8.26. The number of halogens is 1. The Hall–Kier alpha value is -3.28. The molecule has 2 saturated heterocycles. The van der Waals surface area contributed by atoms with E-state index in [1.54, 1.807) is 44.2 Å². The molecule has 0 bridgehead atoms. The standard InChI is InChI=1S/C32H29ClN4O3S3/c33-28-16-7-6-11-24(28)21-36-31(38)29(42-32(36)41)20-25-22-37(26-13-4-3-5-14-26)34-30(25)23-12-10-15-27(19-23)43(39,40)35-17-8-1-2-9-18-35/h3-7,10-16,19-20,22H,1-2,8-9,17-18,21H2. The van der Waals surface area contributed by atoms with Crippen LogP contribution in [-0.4, -0.2) is 50.7 Å². The zero-order valence-electron chi connectivity index (χ0n) is 23.2. The first-order chi connectivity index (χ1) is 20.8. The van der Waals surface area contributed by atoms with Crippen LogP contribution >= 0.6 is 35.6 Å². The van der Waals surface area contributed by atoms with Crippen LogP contribution in [0.4, 0.5) is 0 Å². The molecule has 2 fully saturated rings. The predicted octanol–water partition coefficient (Wildman–Crippen LogP) is 7.16. The molecule has 3 aromatic carbocycles. The maximum Gasteiger partial charge on any atom is 0.266 e. The Bertz CT molecular complexity index is 1810. The molecule has 2 aliphatic heterocycles. The van der Waals surface area contributed by atoms with Gasteiger partial charge in [-0.15, -0.1) is 0 Å². The molecule has 11 heteroatoms. The number of hydrogen-bond donors (Lipinski definition) is 0. The summed E-state index contributed by atoms with van der Waals surface area (Å²) in [6, 6.07) is 23.9. The van der Waals surface area contributed by atoms with Gasteiger partial charge in [-0.2, -0.15) is 9.40 Å². The van der Waals surface area contributed by atoms with E-state index in [4.69, 9.17) is 28.9 Å². The molecular weight excluding hydrogens is 620 g/mol. The number of sulfonamides is 1. The van der Waals surface area contributed by atoms with E-state index in [0.717, 1.165) is 36.9 Å². The highest BCUT2D eigenvalue weighted by Crippen LogP contribution is 2.37. The largest absolute Gasteiger partial charge is 0.288 e. The van der Waals surface area contributed by atoms with Gasteiger partial charge in [0.25, 0.3) is 5.91 Å². The fraction of sp³-hybridized carbons (Fsp3) is 0.219. The van der Waals surface area contributed by atoms with Crippen molar-refractivity contribution in [3.05, 3.63) is 106 Å². The lowest BCUT2D eigenvalue weighted by molar-refractivity contribution is -0.122. The van der Waals surface area contributed by atoms with Crippen LogP contribution in [0.1, 0.15) is 36.8 Å². The molecule has 7 nitrogen and oxygen atoms in total. The van der Waals surface area contributed by atoms with E-state index in [1.807, 2.05) is 60.8 Å². The third-order valence-corrected chi connectivity index (χ3v) is 11.2. The van der Waals surface area contributed by atoms with Crippen molar-refractivity contribution in [2.45, 2.75) is 37.1 Å². The second-order valence-corrected chi connectivity index (χ2v) is 14.4. The second kappa shape index (κ2) is 12.8. The van der Waals surface area contributed by atoms with Crippen LogP contribution < -0.4 is 0 Å². The van der Waals surface area contributed by atoms with E-state index in [9.17, 15) is 13.2 Å². The van der Waals surface area contributed by atoms with E-state index in [2.05, 4.69) is 0 Å². The minimum Gasteiger partial charge on any atom is -0.288 e. The summed E-state index contributed by atoms with van der Waals surface area (Å²) in [5.41, 5.74) is 3.52. The van der Waals surface area contributed by atoms with Crippen LogP contribution in [0.25, 0.3) is 23.0 Å². The van der Waals surface area contributed by atoms with Gasteiger partial charge in [-0.25, -0.2) is 13.1 Å². The van der Waals surface area contributed by atoms with E-state index in [1.165, 1.54) is 11.8 Å². The maximum atomic E-state index is 13.6. The van der Waals surface area contributed by atoms with Crippen LogP contribution in [0.5, 0.6) is 0 Å². The van der Waals surface area contributed by atoms with Gasteiger partial charge in [-0.3, -0.25) is 9.69 Å². The SMILES string of the molecule is O=C1C(=Cc2cn(-c3ccccc3)nc2-c2cccc(S(=O)(=O)N3CCCCCC3)c2)SC(=S)N1Cc1ccccc1Cl. The van der Waals surface area contributed by atoms with Crippen LogP contribution in [0.15, 0.2) is 94.9 Å². The van der Waals surface area contributed by atoms with Crippen molar-refractivity contribution in [2.24, 2.45) is 0 Å². The molecule has 2 aliphatic rings. The van der Waals surface area contributed by atoms with Gasteiger partial charge < -0.3 is 0 Å². The molecule has 0 N–H and O–H groups in total. The third kappa shape index (κ3) is 6.34. The molecule has 1 amide bonds. The fourth-order valence-corrected chi connectivity index (χ4v) is 8.24. The fourth-order valence-electron chi connectivity index (χ4n) is 5.24. The lowest BCUT2D eigenvalue weighted by Crippen LogP contribution is -2.31. The van der Waals surface area contributed by atoms with Gasteiger partial charge >= 0.3 is 0 Å². The van der Waals surface area contributed by atoms with E-state index in [-0.39, 0.29) is 17.3 Å². The van der Waals surface area contributed by atoms with Crippen molar-refractivity contribution >= 4 is 61.9 Å². The Morgan fingerprint density at radius 2 is 1.65 bits per heavy atom. The quantitative estimate of drug-likeness (QED) is 0.156. The van der Waals surface area contributed by atoms with Gasteiger partial charge in [0.1, 0.15) is 10.0 Å². The first kappa shape index (κ1) is 29.8. The van der Waals surface area contributed by atoms with Crippen molar-refractivity contribution in [3.63, 3.8) is 0 Å². The van der Waals surface area contributed by atoms with Crippen molar-refractivity contribution < 1.29 is 13.2 Å². The van der Waals surface area contributed by atoms with Gasteiger partial charge in [0.2, 0.25) is 10.0 Å². The van der Waals surface area contributed by atoms with Crippen molar-refractivity contribution in [1.29, 1.82) is 0 Å². The van der Waals surface area contributed by atoms with Crippen LogP contribution in [0, 0.1) is 0 Å². The molecule has 0 atom stereocenters. The number of amides is 1. The number of para-hydroxylation sites is 1.